The third kappa shape index (κ3) is 4.96. The van der Waals surface area contributed by atoms with Crippen molar-refractivity contribution in [2.75, 3.05) is 45.0 Å². The SMILES string of the molecule is Cc1ccc(C(=O)NCCCN2CC3CN(C(=O)c4cnn(-c5ccccc5)c4N)CC3C2)cc1Cl. The van der Waals surface area contributed by atoms with E-state index in [9.17, 15) is 9.59 Å². The predicted molar refractivity (Wildman–Crippen MR) is 140 cm³/mol. The lowest BCUT2D eigenvalue weighted by molar-refractivity contribution is 0.0775. The molecule has 0 spiro atoms. The lowest BCUT2D eigenvalue weighted by Crippen LogP contribution is -2.34. The molecule has 2 atom stereocenters. The third-order valence-electron chi connectivity index (χ3n) is 7.26. The van der Waals surface area contributed by atoms with E-state index in [1.165, 1.54) is 0 Å². The van der Waals surface area contributed by atoms with E-state index in [-0.39, 0.29) is 11.8 Å². The molecule has 0 radical (unpaired) electrons. The second kappa shape index (κ2) is 10.3. The molecule has 5 rings (SSSR count). The summed E-state index contributed by atoms with van der Waals surface area (Å²) in [6.45, 7) is 6.86. The molecule has 3 N–H and O–H groups in total. The molecule has 2 amide bonds. The number of halogens is 1. The van der Waals surface area contributed by atoms with Gasteiger partial charge in [0.25, 0.3) is 11.8 Å². The second-order valence-corrected chi connectivity index (χ2v) is 10.2. The first-order valence-corrected chi connectivity index (χ1v) is 12.7. The van der Waals surface area contributed by atoms with Crippen LogP contribution in [0.1, 0.15) is 32.7 Å². The molecule has 8 nitrogen and oxygen atoms in total. The van der Waals surface area contributed by atoms with Crippen LogP contribution in [-0.2, 0) is 0 Å². The minimum absolute atomic E-state index is 0.0467. The molecule has 2 saturated heterocycles. The zero-order chi connectivity index (χ0) is 25.2. The number of amides is 2. The molecule has 36 heavy (non-hydrogen) atoms. The molecule has 3 heterocycles. The van der Waals surface area contributed by atoms with E-state index in [2.05, 4.69) is 15.3 Å². The van der Waals surface area contributed by atoms with Gasteiger partial charge in [0.1, 0.15) is 11.4 Å². The maximum absolute atomic E-state index is 13.2. The van der Waals surface area contributed by atoms with Gasteiger partial charge in [0.2, 0.25) is 0 Å². The van der Waals surface area contributed by atoms with Crippen molar-refractivity contribution >= 4 is 29.2 Å². The number of nitrogens with two attached hydrogens (primary N) is 1. The number of benzene rings is 2. The minimum atomic E-state index is -0.0980. The molecular formula is C27H31ClN6O2. The number of aryl methyl sites for hydroxylation is 1. The number of para-hydroxylation sites is 1. The molecule has 1 aromatic heterocycles. The third-order valence-corrected chi connectivity index (χ3v) is 7.66. The Morgan fingerprint density at radius 2 is 1.81 bits per heavy atom. The summed E-state index contributed by atoms with van der Waals surface area (Å²) < 4.78 is 1.61. The number of carbonyl (C=O) groups is 2. The number of anilines is 1. The fraction of sp³-hybridized carbons (Fsp3) is 0.370. The fourth-order valence-corrected chi connectivity index (χ4v) is 5.43. The van der Waals surface area contributed by atoms with Gasteiger partial charge in [-0.1, -0.05) is 35.9 Å². The van der Waals surface area contributed by atoms with Crippen molar-refractivity contribution in [2.45, 2.75) is 13.3 Å². The van der Waals surface area contributed by atoms with E-state index >= 15 is 0 Å². The van der Waals surface area contributed by atoms with Gasteiger partial charge in [-0.15, -0.1) is 0 Å². The Hall–Kier alpha value is -3.36. The van der Waals surface area contributed by atoms with Gasteiger partial charge in [-0.25, -0.2) is 4.68 Å². The van der Waals surface area contributed by atoms with E-state index < -0.39 is 0 Å². The van der Waals surface area contributed by atoms with E-state index in [0.29, 0.717) is 40.3 Å². The number of aromatic nitrogens is 2. The summed E-state index contributed by atoms with van der Waals surface area (Å²) in [5, 5.41) is 7.93. The van der Waals surface area contributed by atoms with Gasteiger partial charge in [-0.3, -0.25) is 9.59 Å². The number of nitrogens with one attached hydrogen (secondary N) is 1. The Bertz CT molecular complexity index is 1250. The van der Waals surface area contributed by atoms with Crippen molar-refractivity contribution in [3.63, 3.8) is 0 Å². The smallest absolute Gasteiger partial charge is 0.259 e. The number of nitrogen functional groups attached to an aromatic ring is 1. The largest absolute Gasteiger partial charge is 0.383 e. The Morgan fingerprint density at radius 1 is 1.08 bits per heavy atom. The topological polar surface area (TPSA) is 96.5 Å². The van der Waals surface area contributed by atoms with Crippen LogP contribution in [0.15, 0.2) is 54.7 Å². The molecule has 0 aliphatic carbocycles. The number of carbonyl (C=O) groups excluding carboxylic acids is 2. The van der Waals surface area contributed by atoms with Gasteiger partial charge in [-0.05, 0) is 61.6 Å². The first kappa shape index (κ1) is 24.3. The Labute approximate surface area is 216 Å². The van der Waals surface area contributed by atoms with Crippen molar-refractivity contribution in [3.05, 3.63) is 76.4 Å². The van der Waals surface area contributed by atoms with Crippen LogP contribution in [0.5, 0.6) is 0 Å². The quantitative estimate of drug-likeness (QED) is 0.479. The summed E-state index contributed by atoms with van der Waals surface area (Å²) in [5.74, 6) is 1.15. The summed E-state index contributed by atoms with van der Waals surface area (Å²) in [4.78, 5) is 29.9. The van der Waals surface area contributed by atoms with Crippen LogP contribution in [0.25, 0.3) is 5.69 Å². The van der Waals surface area contributed by atoms with E-state index in [0.717, 1.165) is 50.4 Å². The van der Waals surface area contributed by atoms with Gasteiger partial charge >= 0.3 is 0 Å². The molecule has 0 bridgehead atoms. The van der Waals surface area contributed by atoms with Crippen LogP contribution in [0.4, 0.5) is 5.82 Å². The van der Waals surface area contributed by atoms with Crippen LogP contribution < -0.4 is 11.1 Å². The number of fused-ring (bicyclic) bond motifs is 1. The van der Waals surface area contributed by atoms with Crippen molar-refractivity contribution in [3.8, 4) is 5.69 Å². The zero-order valence-corrected chi connectivity index (χ0v) is 21.1. The van der Waals surface area contributed by atoms with Crippen molar-refractivity contribution in [1.29, 1.82) is 0 Å². The van der Waals surface area contributed by atoms with Gasteiger partial charge in [0.05, 0.1) is 11.9 Å². The molecule has 2 aliphatic heterocycles. The van der Waals surface area contributed by atoms with E-state index in [1.807, 2.05) is 48.2 Å². The predicted octanol–water partition coefficient (Wildman–Crippen LogP) is 3.24. The fourth-order valence-electron chi connectivity index (χ4n) is 5.25. The summed E-state index contributed by atoms with van der Waals surface area (Å²) in [6, 6.07) is 15.0. The average Bonchev–Trinajstić information content (AvgIpc) is 3.56. The lowest BCUT2D eigenvalue weighted by atomic mass is 10.0. The number of nitrogens with zero attached hydrogens (tertiary/aromatic N) is 4. The maximum Gasteiger partial charge on any atom is 0.259 e. The zero-order valence-electron chi connectivity index (χ0n) is 20.4. The summed E-state index contributed by atoms with van der Waals surface area (Å²) in [5.41, 5.74) is 9.13. The van der Waals surface area contributed by atoms with Crippen LogP contribution >= 0.6 is 11.6 Å². The van der Waals surface area contributed by atoms with E-state index in [4.69, 9.17) is 17.3 Å². The molecular weight excluding hydrogens is 476 g/mol. The highest BCUT2D eigenvalue weighted by Crippen LogP contribution is 2.32. The van der Waals surface area contributed by atoms with Crippen molar-refractivity contribution in [2.24, 2.45) is 11.8 Å². The molecule has 9 heteroatoms. The maximum atomic E-state index is 13.2. The van der Waals surface area contributed by atoms with Crippen LogP contribution in [0.3, 0.4) is 0 Å². The highest BCUT2D eigenvalue weighted by atomic mass is 35.5. The van der Waals surface area contributed by atoms with Gasteiger partial charge < -0.3 is 20.9 Å². The van der Waals surface area contributed by atoms with Crippen LogP contribution in [0.2, 0.25) is 5.02 Å². The Morgan fingerprint density at radius 3 is 2.50 bits per heavy atom. The van der Waals surface area contributed by atoms with Gasteiger partial charge in [0.15, 0.2) is 0 Å². The normalized spacial score (nSPS) is 19.4. The molecule has 2 aliphatic rings. The first-order valence-electron chi connectivity index (χ1n) is 12.4. The summed E-state index contributed by atoms with van der Waals surface area (Å²) in [7, 11) is 0. The standard InChI is InChI=1S/C27H31ClN6O2/c1-18-8-9-19(12-24(18)28)26(35)30-10-5-11-32-14-20-16-33(17-21(20)15-32)27(36)23-13-31-34(25(23)29)22-6-3-2-4-7-22/h2-4,6-9,12-13,20-21H,5,10-11,14-17,29H2,1H3,(H,30,35). The summed E-state index contributed by atoms with van der Waals surface area (Å²) >= 11 is 6.13. The Kier molecular flexibility index (Phi) is 6.98. The number of hydrogen-bond donors (Lipinski definition) is 2. The Balaban J connectivity index is 1.08. The second-order valence-electron chi connectivity index (χ2n) is 9.75. The highest BCUT2D eigenvalue weighted by molar-refractivity contribution is 6.31. The van der Waals surface area contributed by atoms with Crippen LogP contribution in [0, 0.1) is 18.8 Å². The molecule has 188 valence electrons. The first-order chi connectivity index (χ1) is 17.4. The van der Waals surface area contributed by atoms with Crippen molar-refractivity contribution < 1.29 is 9.59 Å². The molecule has 2 unspecified atom stereocenters. The van der Waals surface area contributed by atoms with E-state index in [1.54, 1.807) is 23.0 Å². The van der Waals surface area contributed by atoms with Gasteiger partial charge in [0, 0.05) is 43.3 Å². The molecule has 0 saturated carbocycles. The van der Waals surface area contributed by atoms with Gasteiger partial charge in [-0.2, -0.15) is 5.10 Å². The summed E-state index contributed by atoms with van der Waals surface area (Å²) in [6.07, 6.45) is 2.45. The number of rotatable bonds is 7. The molecule has 2 aromatic carbocycles. The average molecular weight is 507 g/mol. The molecule has 2 fully saturated rings. The van der Waals surface area contributed by atoms with Crippen LogP contribution in [-0.4, -0.2) is 70.7 Å². The number of likely N-dealkylation sites (tertiary alicyclic amines) is 2. The highest BCUT2D eigenvalue weighted by Gasteiger charge is 2.42. The van der Waals surface area contributed by atoms with Crippen molar-refractivity contribution in [1.82, 2.24) is 24.9 Å². The lowest BCUT2D eigenvalue weighted by Gasteiger charge is -2.21. The monoisotopic (exact) mass is 506 g/mol. The molecule has 3 aromatic rings. The minimum Gasteiger partial charge on any atom is -0.383 e. The number of hydrogen-bond acceptors (Lipinski definition) is 5.